The molecule has 0 spiro atoms. The van der Waals surface area contributed by atoms with E-state index in [2.05, 4.69) is 10.1 Å². The van der Waals surface area contributed by atoms with Crippen LogP contribution in [-0.2, 0) is 4.84 Å². The van der Waals surface area contributed by atoms with Gasteiger partial charge in [0.05, 0.1) is 5.69 Å². The van der Waals surface area contributed by atoms with E-state index in [0.29, 0.717) is 13.0 Å². The molecular formula is C11H16N2O2. The van der Waals surface area contributed by atoms with Gasteiger partial charge in [0.1, 0.15) is 12.3 Å². The second-order valence-electron chi connectivity index (χ2n) is 3.25. The number of nitrogens with zero attached hydrogens (tertiary/aromatic N) is 2. The van der Waals surface area contributed by atoms with Crippen molar-refractivity contribution in [1.29, 1.82) is 0 Å². The Morgan fingerprint density at radius 3 is 3.00 bits per heavy atom. The molecule has 82 valence electrons. The van der Waals surface area contributed by atoms with Crippen LogP contribution in [0.3, 0.4) is 0 Å². The lowest BCUT2D eigenvalue weighted by molar-refractivity contribution is 0.124. The molecule has 0 amide bonds. The van der Waals surface area contributed by atoms with Gasteiger partial charge in [-0.15, -0.1) is 0 Å². The number of aromatic nitrogens is 1. The quantitative estimate of drug-likeness (QED) is 0.453. The van der Waals surface area contributed by atoms with Crippen LogP contribution >= 0.6 is 0 Å². The van der Waals surface area contributed by atoms with Crippen LogP contribution in [0.5, 0.6) is 0 Å². The van der Waals surface area contributed by atoms with Crippen molar-refractivity contribution < 1.29 is 9.94 Å². The van der Waals surface area contributed by atoms with Crippen LogP contribution < -0.4 is 0 Å². The van der Waals surface area contributed by atoms with Crippen molar-refractivity contribution in [2.75, 3.05) is 13.2 Å². The number of aliphatic hydroxyl groups excluding tert-OH is 1. The summed E-state index contributed by atoms with van der Waals surface area (Å²) in [5.74, 6) is 0. The molecule has 0 saturated carbocycles. The lowest BCUT2D eigenvalue weighted by Crippen LogP contribution is -2.01. The molecule has 0 atom stereocenters. The number of aryl methyl sites for hydroxylation is 1. The van der Waals surface area contributed by atoms with E-state index in [9.17, 15) is 0 Å². The van der Waals surface area contributed by atoms with Gasteiger partial charge < -0.3 is 9.94 Å². The molecule has 4 nitrogen and oxygen atoms in total. The fraction of sp³-hybridized carbons (Fsp3) is 0.455. The minimum Gasteiger partial charge on any atom is -0.396 e. The van der Waals surface area contributed by atoms with Gasteiger partial charge in [-0.25, -0.2) is 0 Å². The predicted molar refractivity (Wildman–Crippen MR) is 58.8 cm³/mol. The zero-order chi connectivity index (χ0) is 11.1. The summed E-state index contributed by atoms with van der Waals surface area (Å²) < 4.78 is 0. The first-order chi connectivity index (χ1) is 7.24. The number of pyridine rings is 1. The SMILES string of the molecule is CC(=NOCCCO)c1cccc(C)n1. The normalized spacial score (nSPS) is 11.5. The van der Waals surface area contributed by atoms with Crippen LogP contribution in [0.2, 0.25) is 0 Å². The van der Waals surface area contributed by atoms with Crippen LogP contribution in [0.1, 0.15) is 24.7 Å². The van der Waals surface area contributed by atoms with Gasteiger partial charge in [-0.05, 0) is 26.0 Å². The summed E-state index contributed by atoms with van der Waals surface area (Å²) in [6.45, 7) is 4.33. The standard InChI is InChI=1S/C11H16N2O2/c1-9-5-3-6-11(12-9)10(2)13-15-8-4-7-14/h3,5-6,14H,4,7-8H2,1-2H3. The van der Waals surface area contributed by atoms with E-state index in [1.165, 1.54) is 0 Å². The average Bonchev–Trinajstić information content (AvgIpc) is 2.24. The summed E-state index contributed by atoms with van der Waals surface area (Å²) in [6, 6.07) is 5.76. The predicted octanol–water partition coefficient (Wildman–Crippen LogP) is 1.51. The monoisotopic (exact) mass is 208 g/mol. The summed E-state index contributed by atoms with van der Waals surface area (Å²) >= 11 is 0. The summed E-state index contributed by atoms with van der Waals surface area (Å²) in [6.07, 6.45) is 0.595. The number of hydrogen-bond acceptors (Lipinski definition) is 4. The third kappa shape index (κ3) is 4.08. The Bertz CT molecular complexity index is 337. The Balaban J connectivity index is 2.55. The van der Waals surface area contributed by atoms with Crippen LogP contribution in [0.15, 0.2) is 23.4 Å². The fourth-order valence-corrected chi connectivity index (χ4v) is 1.06. The van der Waals surface area contributed by atoms with Gasteiger partial charge in [-0.2, -0.15) is 0 Å². The summed E-state index contributed by atoms with van der Waals surface area (Å²) in [7, 11) is 0. The molecule has 0 aliphatic heterocycles. The molecular weight excluding hydrogens is 192 g/mol. The zero-order valence-corrected chi connectivity index (χ0v) is 9.10. The van der Waals surface area contributed by atoms with E-state index < -0.39 is 0 Å². The molecule has 0 unspecified atom stereocenters. The first-order valence-electron chi connectivity index (χ1n) is 4.95. The Morgan fingerprint density at radius 2 is 2.33 bits per heavy atom. The van der Waals surface area contributed by atoms with Gasteiger partial charge in [-0.3, -0.25) is 4.98 Å². The van der Waals surface area contributed by atoms with E-state index in [4.69, 9.17) is 9.94 Å². The molecule has 1 aromatic heterocycles. The molecule has 0 aromatic carbocycles. The molecule has 0 saturated heterocycles. The first kappa shape index (κ1) is 11.7. The van der Waals surface area contributed by atoms with Gasteiger partial charge in [0.15, 0.2) is 0 Å². The Morgan fingerprint density at radius 1 is 1.53 bits per heavy atom. The van der Waals surface area contributed by atoms with Crippen molar-refractivity contribution in [2.45, 2.75) is 20.3 Å². The van der Waals surface area contributed by atoms with E-state index in [0.717, 1.165) is 17.1 Å². The van der Waals surface area contributed by atoms with Gasteiger partial charge in [0.25, 0.3) is 0 Å². The van der Waals surface area contributed by atoms with E-state index in [1.807, 2.05) is 32.0 Å². The average molecular weight is 208 g/mol. The molecule has 0 fully saturated rings. The molecule has 4 heteroatoms. The largest absolute Gasteiger partial charge is 0.396 e. The number of oxime groups is 1. The van der Waals surface area contributed by atoms with Gasteiger partial charge in [0, 0.05) is 18.7 Å². The minimum atomic E-state index is 0.122. The van der Waals surface area contributed by atoms with Crippen LogP contribution in [0, 0.1) is 6.92 Å². The van der Waals surface area contributed by atoms with Crippen molar-refractivity contribution in [3.8, 4) is 0 Å². The smallest absolute Gasteiger partial charge is 0.119 e. The maximum absolute atomic E-state index is 8.54. The Labute approximate surface area is 89.6 Å². The summed E-state index contributed by atoms with van der Waals surface area (Å²) in [5, 5.41) is 12.5. The molecule has 0 radical (unpaired) electrons. The molecule has 1 heterocycles. The van der Waals surface area contributed by atoms with E-state index in [-0.39, 0.29) is 6.61 Å². The molecule has 0 aliphatic rings. The summed E-state index contributed by atoms with van der Waals surface area (Å²) in [5.41, 5.74) is 2.52. The molecule has 1 rings (SSSR count). The van der Waals surface area contributed by atoms with Gasteiger partial charge in [-0.1, -0.05) is 11.2 Å². The Kier molecular flexibility index (Phi) is 4.77. The molecule has 1 aromatic rings. The molecule has 0 aliphatic carbocycles. The number of rotatable bonds is 5. The van der Waals surface area contributed by atoms with Crippen molar-refractivity contribution in [3.63, 3.8) is 0 Å². The highest BCUT2D eigenvalue weighted by atomic mass is 16.6. The highest BCUT2D eigenvalue weighted by Gasteiger charge is 1.99. The minimum absolute atomic E-state index is 0.122. The van der Waals surface area contributed by atoms with Crippen LogP contribution in [0.4, 0.5) is 0 Å². The fourth-order valence-electron chi connectivity index (χ4n) is 1.06. The highest BCUT2D eigenvalue weighted by Crippen LogP contribution is 2.00. The Hall–Kier alpha value is -1.42. The lowest BCUT2D eigenvalue weighted by Gasteiger charge is -2.01. The molecule has 1 N–H and O–H groups in total. The maximum atomic E-state index is 8.54. The molecule has 15 heavy (non-hydrogen) atoms. The van der Waals surface area contributed by atoms with Crippen molar-refractivity contribution in [1.82, 2.24) is 4.98 Å². The second kappa shape index (κ2) is 6.14. The van der Waals surface area contributed by atoms with Crippen LogP contribution in [0.25, 0.3) is 0 Å². The number of aliphatic hydroxyl groups is 1. The van der Waals surface area contributed by atoms with Gasteiger partial charge >= 0.3 is 0 Å². The zero-order valence-electron chi connectivity index (χ0n) is 9.10. The summed E-state index contributed by atoms with van der Waals surface area (Å²) in [4.78, 5) is 9.33. The topological polar surface area (TPSA) is 54.7 Å². The van der Waals surface area contributed by atoms with Gasteiger partial charge in [0.2, 0.25) is 0 Å². The molecule has 0 bridgehead atoms. The lowest BCUT2D eigenvalue weighted by atomic mass is 10.2. The highest BCUT2D eigenvalue weighted by molar-refractivity contribution is 5.96. The maximum Gasteiger partial charge on any atom is 0.119 e. The second-order valence-corrected chi connectivity index (χ2v) is 3.25. The van der Waals surface area contributed by atoms with Crippen molar-refractivity contribution >= 4 is 5.71 Å². The van der Waals surface area contributed by atoms with Crippen molar-refractivity contribution in [2.24, 2.45) is 5.16 Å². The third-order valence-corrected chi connectivity index (χ3v) is 1.85. The third-order valence-electron chi connectivity index (χ3n) is 1.85. The van der Waals surface area contributed by atoms with Crippen LogP contribution in [-0.4, -0.2) is 29.0 Å². The van der Waals surface area contributed by atoms with E-state index in [1.54, 1.807) is 0 Å². The first-order valence-corrected chi connectivity index (χ1v) is 4.95. The van der Waals surface area contributed by atoms with E-state index >= 15 is 0 Å². The van der Waals surface area contributed by atoms with Crippen molar-refractivity contribution in [3.05, 3.63) is 29.6 Å². The number of hydrogen-bond donors (Lipinski definition) is 1.